The zero-order chi connectivity index (χ0) is 19.5. The molecule has 1 aliphatic heterocycles. The van der Waals surface area contributed by atoms with Crippen LogP contribution < -0.4 is 14.8 Å². The maximum absolute atomic E-state index is 12.2. The first-order chi connectivity index (χ1) is 13.6. The van der Waals surface area contributed by atoms with Crippen LogP contribution in [0.4, 0.5) is 5.69 Å². The van der Waals surface area contributed by atoms with E-state index in [4.69, 9.17) is 13.9 Å². The second-order valence-electron chi connectivity index (χ2n) is 5.88. The summed E-state index contributed by atoms with van der Waals surface area (Å²) in [5.41, 5.74) is 1.64. The number of carbonyl (C=O) groups excluding carboxylic acids is 2. The Kier molecular flexibility index (Phi) is 4.98. The van der Waals surface area contributed by atoms with Gasteiger partial charge in [-0.25, -0.2) is 0 Å². The number of ketones is 1. The predicted molar refractivity (Wildman–Crippen MR) is 102 cm³/mol. The molecule has 0 unspecified atom stereocenters. The third-order valence-electron chi connectivity index (χ3n) is 3.93. The summed E-state index contributed by atoms with van der Waals surface area (Å²) in [6, 6.07) is 12.2. The number of ether oxygens (including phenoxy) is 2. The lowest BCUT2D eigenvalue weighted by molar-refractivity contribution is -0.113. The summed E-state index contributed by atoms with van der Waals surface area (Å²) < 4.78 is 16.2. The molecule has 1 N–H and O–H groups in total. The number of amides is 1. The number of rotatable bonds is 6. The molecule has 8 nitrogen and oxygen atoms in total. The minimum absolute atomic E-state index is 0.0645. The van der Waals surface area contributed by atoms with Gasteiger partial charge in [-0.15, -0.1) is 10.2 Å². The number of para-hydroxylation sites is 1. The summed E-state index contributed by atoms with van der Waals surface area (Å²) in [5.74, 6) is 1.28. The van der Waals surface area contributed by atoms with E-state index in [1.807, 2.05) is 0 Å². The van der Waals surface area contributed by atoms with Crippen molar-refractivity contribution in [3.63, 3.8) is 0 Å². The molecule has 1 aromatic heterocycles. The molecule has 3 aromatic rings. The highest BCUT2D eigenvalue weighted by atomic mass is 32.2. The summed E-state index contributed by atoms with van der Waals surface area (Å²) in [6.45, 7) is 1.64. The number of benzene rings is 2. The molecule has 1 aliphatic rings. The first-order valence-corrected chi connectivity index (χ1v) is 9.35. The zero-order valence-electron chi connectivity index (χ0n) is 14.8. The van der Waals surface area contributed by atoms with Gasteiger partial charge in [-0.2, -0.15) is 0 Å². The Hall–Kier alpha value is -3.33. The van der Waals surface area contributed by atoms with Gasteiger partial charge in [0.25, 0.3) is 5.22 Å². The van der Waals surface area contributed by atoms with Crippen LogP contribution in [0.25, 0.3) is 11.5 Å². The SMILES string of the molecule is CC(=O)c1ccccc1NC(=O)CSc1nnc(-c2ccc3c(c2)OCO3)o1. The van der Waals surface area contributed by atoms with Crippen molar-refractivity contribution in [2.75, 3.05) is 17.9 Å². The van der Waals surface area contributed by atoms with Crippen molar-refractivity contribution in [3.8, 4) is 23.0 Å². The van der Waals surface area contributed by atoms with Crippen LogP contribution in [0.15, 0.2) is 52.1 Å². The molecule has 0 saturated heterocycles. The van der Waals surface area contributed by atoms with Gasteiger partial charge in [-0.05, 0) is 37.3 Å². The highest BCUT2D eigenvalue weighted by Crippen LogP contribution is 2.36. The van der Waals surface area contributed by atoms with Gasteiger partial charge in [0, 0.05) is 11.1 Å². The van der Waals surface area contributed by atoms with Gasteiger partial charge in [-0.3, -0.25) is 9.59 Å². The third kappa shape index (κ3) is 3.84. The molecule has 28 heavy (non-hydrogen) atoms. The number of carbonyl (C=O) groups is 2. The van der Waals surface area contributed by atoms with Gasteiger partial charge < -0.3 is 19.2 Å². The Morgan fingerprint density at radius 1 is 1.11 bits per heavy atom. The third-order valence-corrected chi connectivity index (χ3v) is 4.75. The molecule has 1 amide bonds. The summed E-state index contributed by atoms with van der Waals surface area (Å²) in [5, 5.41) is 10.9. The molecule has 2 aromatic carbocycles. The van der Waals surface area contributed by atoms with E-state index in [0.29, 0.717) is 34.2 Å². The fraction of sp³-hybridized carbons (Fsp3) is 0.158. The highest BCUT2D eigenvalue weighted by molar-refractivity contribution is 7.99. The number of anilines is 1. The molecular weight excluding hydrogens is 382 g/mol. The van der Waals surface area contributed by atoms with E-state index < -0.39 is 0 Å². The van der Waals surface area contributed by atoms with E-state index in [1.54, 1.807) is 42.5 Å². The van der Waals surface area contributed by atoms with E-state index in [1.165, 1.54) is 6.92 Å². The number of hydrogen-bond acceptors (Lipinski definition) is 8. The van der Waals surface area contributed by atoms with Crippen LogP contribution in [0, 0.1) is 0 Å². The molecule has 0 aliphatic carbocycles. The number of hydrogen-bond donors (Lipinski definition) is 1. The molecule has 142 valence electrons. The largest absolute Gasteiger partial charge is 0.454 e. The van der Waals surface area contributed by atoms with Crippen molar-refractivity contribution in [2.45, 2.75) is 12.1 Å². The first-order valence-electron chi connectivity index (χ1n) is 8.36. The van der Waals surface area contributed by atoms with E-state index >= 15 is 0 Å². The quantitative estimate of drug-likeness (QED) is 0.499. The maximum atomic E-state index is 12.2. The number of fused-ring (bicyclic) bond motifs is 1. The van der Waals surface area contributed by atoms with Crippen LogP contribution in [0.5, 0.6) is 11.5 Å². The van der Waals surface area contributed by atoms with Crippen molar-refractivity contribution in [1.29, 1.82) is 0 Å². The Morgan fingerprint density at radius 2 is 1.93 bits per heavy atom. The number of Topliss-reactive ketones (excluding diaryl/α,β-unsaturated/α-hetero) is 1. The molecule has 0 saturated carbocycles. The molecule has 4 rings (SSSR count). The lowest BCUT2D eigenvalue weighted by Gasteiger charge is -2.08. The van der Waals surface area contributed by atoms with E-state index in [0.717, 1.165) is 11.8 Å². The van der Waals surface area contributed by atoms with Crippen LogP contribution in [-0.4, -0.2) is 34.4 Å². The smallest absolute Gasteiger partial charge is 0.277 e. The highest BCUT2D eigenvalue weighted by Gasteiger charge is 2.17. The van der Waals surface area contributed by atoms with Gasteiger partial charge in [0.1, 0.15) is 0 Å². The Bertz CT molecular complexity index is 1050. The zero-order valence-corrected chi connectivity index (χ0v) is 15.6. The first kappa shape index (κ1) is 18.1. The topological polar surface area (TPSA) is 104 Å². The number of thioether (sulfide) groups is 1. The average Bonchev–Trinajstić information content (AvgIpc) is 3.35. The number of nitrogens with one attached hydrogen (secondary N) is 1. The Labute approximate surface area is 164 Å². The van der Waals surface area contributed by atoms with Crippen LogP contribution in [0.2, 0.25) is 0 Å². The van der Waals surface area contributed by atoms with Crippen molar-refractivity contribution >= 4 is 29.1 Å². The van der Waals surface area contributed by atoms with Gasteiger partial charge in [0.05, 0.1) is 11.4 Å². The number of nitrogens with zero attached hydrogens (tertiary/aromatic N) is 2. The van der Waals surface area contributed by atoms with E-state index in [-0.39, 0.29) is 29.5 Å². The second-order valence-corrected chi connectivity index (χ2v) is 6.81. The summed E-state index contributed by atoms with van der Waals surface area (Å²) in [6.07, 6.45) is 0. The van der Waals surface area contributed by atoms with Crippen molar-refractivity contribution < 1.29 is 23.5 Å². The van der Waals surface area contributed by atoms with Gasteiger partial charge >= 0.3 is 0 Å². The fourth-order valence-corrected chi connectivity index (χ4v) is 3.19. The van der Waals surface area contributed by atoms with Crippen LogP contribution in [0.1, 0.15) is 17.3 Å². The average molecular weight is 397 g/mol. The molecule has 9 heteroatoms. The molecule has 0 bridgehead atoms. The lowest BCUT2D eigenvalue weighted by Crippen LogP contribution is -2.16. The molecule has 0 radical (unpaired) electrons. The van der Waals surface area contributed by atoms with Crippen LogP contribution >= 0.6 is 11.8 Å². The minimum Gasteiger partial charge on any atom is -0.454 e. The Morgan fingerprint density at radius 3 is 2.79 bits per heavy atom. The van der Waals surface area contributed by atoms with Crippen molar-refractivity contribution in [3.05, 3.63) is 48.0 Å². The van der Waals surface area contributed by atoms with Gasteiger partial charge in [0.2, 0.25) is 18.6 Å². The van der Waals surface area contributed by atoms with E-state index in [2.05, 4.69) is 15.5 Å². The molecule has 2 heterocycles. The van der Waals surface area contributed by atoms with Crippen molar-refractivity contribution in [1.82, 2.24) is 10.2 Å². The minimum atomic E-state index is -0.276. The monoisotopic (exact) mass is 397 g/mol. The molecule has 0 atom stereocenters. The molecule has 0 fully saturated rings. The predicted octanol–water partition coefficient (Wildman–Crippen LogP) is 3.40. The lowest BCUT2D eigenvalue weighted by atomic mass is 10.1. The summed E-state index contributed by atoms with van der Waals surface area (Å²) in [7, 11) is 0. The van der Waals surface area contributed by atoms with Gasteiger partial charge in [0.15, 0.2) is 17.3 Å². The molecule has 0 spiro atoms. The Balaban J connectivity index is 1.38. The normalized spacial score (nSPS) is 12.0. The molecular formula is C19H15N3O5S. The van der Waals surface area contributed by atoms with Crippen LogP contribution in [-0.2, 0) is 4.79 Å². The van der Waals surface area contributed by atoms with E-state index in [9.17, 15) is 9.59 Å². The second kappa shape index (κ2) is 7.73. The van der Waals surface area contributed by atoms with Crippen LogP contribution in [0.3, 0.4) is 0 Å². The summed E-state index contributed by atoms with van der Waals surface area (Å²) in [4.78, 5) is 23.8. The number of aromatic nitrogens is 2. The van der Waals surface area contributed by atoms with Crippen molar-refractivity contribution in [2.24, 2.45) is 0 Å². The maximum Gasteiger partial charge on any atom is 0.277 e. The fourth-order valence-electron chi connectivity index (χ4n) is 2.63. The standard InChI is InChI=1S/C19H15N3O5S/c1-11(23)13-4-2-3-5-14(13)20-17(24)9-28-19-22-21-18(27-19)12-6-7-15-16(8-12)26-10-25-15/h2-8H,9-10H2,1H3,(H,20,24). The van der Waals surface area contributed by atoms with Gasteiger partial charge in [-0.1, -0.05) is 23.9 Å². The summed E-state index contributed by atoms with van der Waals surface area (Å²) >= 11 is 1.11.